The number of imidazole rings is 1. The topological polar surface area (TPSA) is 36.3 Å². The Bertz CT molecular complexity index is 1360. The molecular weight excluding hydrogens is 428 g/mol. The number of hydrogen-bond acceptors (Lipinski definition) is 4. The second kappa shape index (κ2) is 10.0. The third-order valence-corrected chi connectivity index (χ3v) is 6.49. The lowest BCUT2D eigenvalue weighted by Crippen LogP contribution is -2.10. The van der Waals surface area contributed by atoms with Gasteiger partial charge in [0.15, 0.2) is 5.16 Å². The van der Waals surface area contributed by atoms with Crippen molar-refractivity contribution < 1.29 is 9.47 Å². The standard InChI is InChI=1S/C28H26N2O2S/c1-21-13-15-23(16-14-21)31-19-20-33-28-29-25-10-4-5-11-26(25)30(28)17-18-32-27-12-6-8-22-7-2-3-9-24(22)27/h2-16H,17-20H2,1H3. The Kier molecular flexibility index (Phi) is 6.49. The van der Waals surface area contributed by atoms with Crippen LogP contribution in [-0.4, -0.2) is 28.5 Å². The fourth-order valence-electron chi connectivity index (χ4n) is 3.88. The summed E-state index contributed by atoms with van der Waals surface area (Å²) >= 11 is 1.72. The molecule has 0 saturated heterocycles. The Balaban J connectivity index is 1.26. The summed E-state index contributed by atoms with van der Waals surface area (Å²) in [6, 6.07) is 30.9. The maximum Gasteiger partial charge on any atom is 0.169 e. The van der Waals surface area contributed by atoms with Crippen LogP contribution in [0.5, 0.6) is 11.5 Å². The molecule has 5 rings (SSSR count). The number of nitrogens with zero attached hydrogens (tertiary/aromatic N) is 2. The van der Waals surface area contributed by atoms with Crippen LogP contribution >= 0.6 is 11.8 Å². The fraction of sp³-hybridized carbons (Fsp3) is 0.179. The van der Waals surface area contributed by atoms with Crippen LogP contribution in [0.1, 0.15) is 5.56 Å². The summed E-state index contributed by atoms with van der Waals surface area (Å²) in [5.74, 6) is 2.64. The number of benzene rings is 4. The van der Waals surface area contributed by atoms with Gasteiger partial charge in [0, 0.05) is 11.1 Å². The van der Waals surface area contributed by atoms with Gasteiger partial charge in [0.1, 0.15) is 18.1 Å². The molecule has 5 heteroatoms. The van der Waals surface area contributed by atoms with Gasteiger partial charge in [-0.05, 0) is 42.6 Å². The van der Waals surface area contributed by atoms with Crippen LogP contribution in [-0.2, 0) is 6.54 Å². The highest BCUT2D eigenvalue weighted by molar-refractivity contribution is 7.99. The number of para-hydroxylation sites is 2. The van der Waals surface area contributed by atoms with Gasteiger partial charge in [-0.25, -0.2) is 4.98 Å². The summed E-state index contributed by atoms with van der Waals surface area (Å²) < 4.78 is 14.3. The zero-order chi connectivity index (χ0) is 22.5. The van der Waals surface area contributed by atoms with Crippen molar-refractivity contribution in [3.63, 3.8) is 0 Å². The second-order valence-electron chi connectivity index (χ2n) is 7.87. The summed E-state index contributed by atoms with van der Waals surface area (Å²) in [4.78, 5) is 4.86. The van der Waals surface area contributed by atoms with Crippen molar-refractivity contribution in [3.05, 3.63) is 96.6 Å². The van der Waals surface area contributed by atoms with Gasteiger partial charge < -0.3 is 14.0 Å². The van der Waals surface area contributed by atoms with Crippen LogP contribution < -0.4 is 9.47 Å². The van der Waals surface area contributed by atoms with Crippen LogP contribution in [0.3, 0.4) is 0 Å². The van der Waals surface area contributed by atoms with Gasteiger partial charge in [0.05, 0.1) is 24.2 Å². The summed E-state index contributed by atoms with van der Waals surface area (Å²) in [5.41, 5.74) is 3.36. The molecule has 4 aromatic carbocycles. The first-order valence-corrected chi connectivity index (χ1v) is 12.1. The Morgan fingerprint density at radius 2 is 1.58 bits per heavy atom. The predicted octanol–water partition coefficient (Wildman–Crippen LogP) is 6.75. The van der Waals surface area contributed by atoms with Crippen molar-refractivity contribution in [3.8, 4) is 11.5 Å². The molecule has 0 atom stereocenters. The molecule has 0 amide bonds. The highest BCUT2D eigenvalue weighted by Gasteiger charge is 2.11. The second-order valence-corrected chi connectivity index (χ2v) is 8.93. The average Bonchev–Trinajstić information content (AvgIpc) is 3.20. The lowest BCUT2D eigenvalue weighted by atomic mass is 10.1. The molecule has 1 heterocycles. The van der Waals surface area contributed by atoms with Crippen molar-refractivity contribution in [2.45, 2.75) is 18.6 Å². The molecule has 0 aliphatic heterocycles. The van der Waals surface area contributed by atoms with E-state index in [0.29, 0.717) is 13.2 Å². The van der Waals surface area contributed by atoms with Crippen molar-refractivity contribution in [1.82, 2.24) is 9.55 Å². The Morgan fingerprint density at radius 1 is 0.788 bits per heavy atom. The van der Waals surface area contributed by atoms with Crippen LogP contribution in [0.25, 0.3) is 21.8 Å². The Hall–Kier alpha value is -3.44. The predicted molar refractivity (Wildman–Crippen MR) is 137 cm³/mol. The summed E-state index contributed by atoms with van der Waals surface area (Å²) in [7, 11) is 0. The van der Waals surface area contributed by atoms with E-state index < -0.39 is 0 Å². The first-order chi connectivity index (χ1) is 16.3. The van der Waals surface area contributed by atoms with Gasteiger partial charge >= 0.3 is 0 Å². The van der Waals surface area contributed by atoms with E-state index in [0.717, 1.165) is 45.4 Å². The van der Waals surface area contributed by atoms with Gasteiger partial charge in [-0.3, -0.25) is 0 Å². The van der Waals surface area contributed by atoms with E-state index in [1.165, 1.54) is 10.9 Å². The zero-order valence-corrected chi connectivity index (χ0v) is 19.4. The van der Waals surface area contributed by atoms with E-state index >= 15 is 0 Å². The van der Waals surface area contributed by atoms with Crippen LogP contribution in [0.15, 0.2) is 96.2 Å². The summed E-state index contributed by atoms with van der Waals surface area (Å²) in [6.07, 6.45) is 0. The van der Waals surface area contributed by atoms with E-state index in [4.69, 9.17) is 14.5 Å². The van der Waals surface area contributed by atoms with E-state index in [1.54, 1.807) is 11.8 Å². The number of aromatic nitrogens is 2. The quantitative estimate of drug-likeness (QED) is 0.182. The van der Waals surface area contributed by atoms with Gasteiger partial charge in [-0.1, -0.05) is 78.0 Å². The molecule has 0 bridgehead atoms. The lowest BCUT2D eigenvalue weighted by molar-refractivity contribution is 0.299. The molecule has 0 saturated carbocycles. The Labute approximate surface area is 198 Å². The molecule has 166 valence electrons. The Morgan fingerprint density at radius 3 is 2.48 bits per heavy atom. The first-order valence-electron chi connectivity index (χ1n) is 11.2. The molecule has 4 nitrogen and oxygen atoms in total. The smallest absolute Gasteiger partial charge is 0.169 e. The van der Waals surface area contributed by atoms with Gasteiger partial charge in [-0.2, -0.15) is 0 Å². The fourth-order valence-corrected chi connectivity index (χ4v) is 4.73. The molecule has 33 heavy (non-hydrogen) atoms. The maximum atomic E-state index is 6.21. The van der Waals surface area contributed by atoms with E-state index in [2.05, 4.69) is 66.1 Å². The molecule has 0 unspecified atom stereocenters. The molecule has 5 aromatic rings. The van der Waals surface area contributed by atoms with Crippen molar-refractivity contribution in [1.29, 1.82) is 0 Å². The minimum Gasteiger partial charge on any atom is -0.493 e. The number of ether oxygens (including phenoxy) is 2. The molecule has 0 aliphatic rings. The normalized spacial score (nSPS) is 11.2. The van der Waals surface area contributed by atoms with Crippen LogP contribution in [0.2, 0.25) is 0 Å². The summed E-state index contributed by atoms with van der Waals surface area (Å²) in [5, 5.41) is 3.32. The van der Waals surface area contributed by atoms with Crippen LogP contribution in [0, 0.1) is 6.92 Å². The maximum absolute atomic E-state index is 6.21. The largest absolute Gasteiger partial charge is 0.493 e. The van der Waals surface area contributed by atoms with E-state index in [9.17, 15) is 0 Å². The molecule has 0 spiro atoms. The monoisotopic (exact) mass is 454 g/mol. The van der Waals surface area contributed by atoms with Gasteiger partial charge in [0.25, 0.3) is 0 Å². The molecular formula is C28H26N2O2S. The minimum atomic E-state index is 0.571. The van der Waals surface area contributed by atoms with Crippen molar-refractivity contribution in [2.24, 2.45) is 0 Å². The number of aryl methyl sites for hydroxylation is 1. The lowest BCUT2D eigenvalue weighted by Gasteiger charge is -2.12. The number of fused-ring (bicyclic) bond motifs is 2. The summed E-state index contributed by atoms with van der Waals surface area (Å²) in [6.45, 7) is 4.00. The van der Waals surface area contributed by atoms with E-state index in [1.807, 2.05) is 36.4 Å². The molecule has 0 aliphatic carbocycles. The molecule has 0 radical (unpaired) electrons. The van der Waals surface area contributed by atoms with Crippen molar-refractivity contribution >= 4 is 33.6 Å². The number of rotatable bonds is 9. The molecule has 0 N–H and O–H groups in total. The zero-order valence-electron chi connectivity index (χ0n) is 18.6. The van der Waals surface area contributed by atoms with Gasteiger partial charge in [-0.15, -0.1) is 0 Å². The molecule has 1 aromatic heterocycles. The number of thioether (sulfide) groups is 1. The third-order valence-electron chi connectivity index (χ3n) is 5.55. The molecule has 0 fully saturated rings. The third kappa shape index (κ3) is 4.99. The highest BCUT2D eigenvalue weighted by atomic mass is 32.2. The highest BCUT2D eigenvalue weighted by Crippen LogP contribution is 2.27. The van der Waals surface area contributed by atoms with E-state index in [-0.39, 0.29) is 0 Å². The van der Waals surface area contributed by atoms with Gasteiger partial charge in [0.2, 0.25) is 0 Å². The minimum absolute atomic E-state index is 0.571. The first kappa shape index (κ1) is 21.4. The average molecular weight is 455 g/mol. The van der Waals surface area contributed by atoms with Crippen molar-refractivity contribution in [2.75, 3.05) is 19.0 Å². The SMILES string of the molecule is Cc1ccc(OCCSc2nc3ccccc3n2CCOc2cccc3ccccc23)cc1. The number of hydrogen-bond donors (Lipinski definition) is 0. The van der Waals surface area contributed by atoms with Crippen LogP contribution in [0.4, 0.5) is 0 Å².